The lowest BCUT2D eigenvalue weighted by molar-refractivity contribution is -0.169. The Balaban J connectivity index is 3.38. The molecule has 0 spiro atoms. The predicted molar refractivity (Wildman–Crippen MR) is 87.3 cm³/mol. The van der Waals surface area contributed by atoms with Crippen LogP contribution >= 0.6 is 0 Å². The van der Waals surface area contributed by atoms with E-state index in [0.29, 0.717) is 12.8 Å². The van der Waals surface area contributed by atoms with E-state index in [0.717, 1.165) is 6.42 Å². The maximum atomic E-state index is 12.6. The second-order valence-electron chi connectivity index (χ2n) is 5.72. The van der Waals surface area contributed by atoms with Crippen molar-refractivity contribution in [3.63, 3.8) is 0 Å². The van der Waals surface area contributed by atoms with Gasteiger partial charge in [0.05, 0.1) is 19.8 Å². The summed E-state index contributed by atoms with van der Waals surface area (Å²) in [6.07, 6.45) is 1.69. The molecule has 0 aliphatic carbocycles. The van der Waals surface area contributed by atoms with Crippen LogP contribution in [0.15, 0.2) is 0 Å². The molecule has 25 heavy (non-hydrogen) atoms. The first-order valence-electron chi connectivity index (χ1n) is 8.73. The van der Waals surface area contributed by atoms with Crippen molar-refractivity contribution in [1.82, 2.24) is 5.32 Å². The van der Waals surface area contributed by atoms with E-state index >= 15 is 0 Å². The number of nitrogens with one attached hydrogen (secondary N) is 1. The number of esters is 3. The molecular formula is C17H27NO7. The molecule has 1 saturated heterocycles. The average molecular weight is 357 g/mol. The fraction of sp³-hybridized carbons (Fsp3) is 0.765. The van der Waals surface area contributed by atoms with E-state index in [1.165, 1.54) is 0 Å². The van der Waals surface area contributed by atoms with Gasteiger partial charge in [-0.05, 0) is 27.2 Å². The Morgan fingerprint density at radius 2 is 1.48 bits per heavy atom. The fourth-order valence-electron chi connectivity index (χ4n) is 3.09. The molecule has 8 heteroatoms. The molecule has 0 aromatic rings. The second-order valence-corrected chi connectivity index (χ2v) is 5.72. The average Bonchev–Trinajstić information content (AvgIpc) is 2.87. The van der Waals surface area contributed by atoms with E-state index in [1.54, 1.807) is 20.8 Å². The molecule has 0 saturated carbocycles. The van der Waals surface area contributed by atoms with E-state index in [-0.39, 0.29) is 19.8 Å². The fourth-order valence-corrected chi connectivity index (χ4v) is 3.09. The molecule has 8 nitrogen and oxygen atoms in total. The minimum absolute atomic E-state index is 0.0282. The van der Waals surface area contributed by atoms with E-state index in [1.807, 2.05) is 6.92 Å². The lowest BCUT2D eigenvalue weighted by Gasteiger charge is -2.31. The van der Waals surface area contributed by atoms with Gasteiger partial charge in [-0.1, -0.05) is 19.8 Å². The van der Waals surface area contributed by atoms with Crippen LogP contribution < -0.4 is 5.32 Å². The summed E-state index contributed by atoms with van der Waals surface area (Å²) >= 11 is 0. The summed E-state index contributed by atoms with van der Waals surface area (Å²) in [6, 6.07) is 0. The molecule has 1 aliphatic heterocycles. The van der Waals surface area contributed by atoms with Crippen LogP contribution in [0, 0.1) is 11.8 Å². The quantitative estimate of drug-likeness (QED) is 0.372. The molecule has 1 aliphatic rings. The highest BCUT2D eigenvalue weighted by Crippen LogP contribution is 2.39. The Bertz CT molecular complexity index is 499. The molecule has 0 aromatic heterocycles. The number of hydrogen-bond acceptors (Lipinski definition) is 7. The number of carbonyl (C=O) groups is 4. The van der Waals surface area contributed by atoms with Crippen LogP contribution in [0.25, 0.3) is 0 Å². The van der Waals surface area contributed by atoms with Crippen molar-refractivity contribution < 1.29 is 33.4 Å². The van der Waals surface area contributed by atoms with Crippen LogP contribution in [-0.4, -0.2) is 49.2 Å². The number of amides is 1. The topological polar surface area (TPSA) is 108 Å². The smallest absolute Gasteiger partial charge is 0.344 e. The first-order chi connectivity index (χ1) is 11.9. The van der Waals surface area contributed by atoms with Crippen molar-refractivity contribution in [3.05, 3.63) is 0 Å². The molecule has 1 rings (SSSR count). The van der Waals surface area contributed by atoms with Gasteiger partial charge in [-0.15, -0.1) is 0 Å². The lowest BCUT2D eigenvalue weighted by atomic mass is 9.76. The summed E-state index contributed by atoms with van der Waals surface area (Å²) < 4.78 is 15.0. The SMILES string of the molecule is CCCC[C@@H]1[C@H](C(=O)OCC)C(=O)NC1(C(=O)OCC)C(=O)OCC. The molecule has 1 amide bonds. The number of ether oxygens (including phenoxy) is 3. The maximum Gasteiger partial charge on any atom is 0.344 e. The van der Waals surface area contributed by atoms with Gasteiger partial charge < -0.3 is 19.5 Å². The normalized spacial score (nSPS) is 21.4. The Morgan fingerprint density at radius 3 is 1.92 bits per heavy atom. The Morgan fingerprint density at radius 1 is 0.960 bits per heavy atom. The highest BCUT2D eigenvalue weighted by Gasteiger charge is 2.66. The zero-order valence-corrected chi connectivity index (χ0v) is 15.3. The van der Waals surface area contributed by atoms with Crippen molar-refractivity contribution in [3.8, 4) is 0 Å². The monoisotopic (exact) mass is 357 g/mol. The molecular weight excluding hydrogens is 330 g/mol. The van der Waals surface area contributed by atoms with Crippen LogP contribution in [0.4, 0.5) is 0 Å². The standard InChI is InChI=1S/C17H27NO7/c1-5-9-10-11-12(14(20)23-6-2)13(19)18-17(11,15(21)24-7-3)16(22)25-8-4/h11-12H,5-10H2,1-4H3,(H,18,19)/t11-,12+/m1/s1. The number of unbranched alkanes of at least 4 members (excludes halogenated alkanes) is 1. The largest absolute Gasteiger partial charge is 0.465 e. The third-order valence-corrected chi connectivity index (χ3v) is 4.17. The summed E-state index contributed by atoms with van der Waals surface area (Å²) in [5.74, 6) is -5.46. The van der Waals surface area contributed by atoms with Gasteiger partial charge >= 0.3 is 17.9 Å². The summed E-state index contributed by atoms with van der Waals surface area (Å²) in [5, 5.41) is 2.40. The highest BCUT2D eigenvalue weighted by molar-refractivity contribution is 6.14. The third kappa shape index (κ3) is 4.11. The van der Waals surface area contributed by atoms with Crippen molar-refractivity contribution in [2.24, 2.45) is 11.8 Å². The first kappa shape index (κ1) is 20.9. The summed E-state index contributed by atoms with van der Waals surface area (Å²) in [7, 11) is 0. The molecule has 2 atom stereocenters. The van der Waals surface area contributed by atoms with Gasteiger partial charge in [-0.3, -0.25) is 9.59 Å². The van der Waals surface area contributed by atoms with Crippen molar-refractivity contribution >= 4 is 23.8 Å². The van der Waals surface area contributed by atoms with E-state index in [2.05, 4.69) is 5.32 Å². The van der Waals surface area contributed by atoms with E-state index in [4.69, 9.17) is 14.2 Å². The lowest BCUT2D eigenvalue weighted by Crippen LogP contribution is -2.61. The van der Waals surface area contributed by atoms with Crippen molar-refractivity contribution in [2.45, 2.75) is 52.5 Å². The van der Waals surface area contributed by atoms with Gasteiger partial charge in [-0.25, -0.2) is 9.59 Å². The van der Waals surface area contributed by atoms with Crippen molar-refractivity contribution in [2.75, 3.05) is 19.8 Å². The third-order valence-electron chi connectivity index (χ3n) is 4.17. The van der Waals surface area contributed by atoms with Gasteiger partial charge in [0.15, 0.2) is 0 Å². The van der Waals surface area contributed by atoms with Gasteiger partial charge in [-0.2, -0.15) is 0 Å². The number of carbonyl (C=O) groups excluding carboxylic acids is 4. The molecule has 0 radical (unpaired) electrons. The Hall–Kier alpha value is -2.12. The molecule has 1 heterocycles. The Kier molecular flexibility index (Phi) is 7.86. The summed E-state index contributed by atoms with van der Waals surface area (Å²) in [6.45, 7) is 6.89. The summed E-state index contributed by atoms with van der Waals surface area (Å²) in [5.41, 5.74) is -2.02. The summed E-state index contributed by atoms with van der Waals surface area (Å²) in [4.78, 5) is 50.0. The molecule has 1 N–H and O–H groups in total. The van der Waals surface area contributed by atoms with Gasteiger partial charge in [0.1, 0.15) is 5.92 Å². The molecule has 0 unspecified atom stereocenters. The molecule has 142 valence electrons. The minimum atomic E-state index is -2.02. The van der Waals surface area contributed by atoms with Crippen LogP contribution in [0.2, 0.25) is 0 Å². The number of hydrogen-bond donors (Lipinski definition) is 1. The predicted octanol–water partition coefficient (Wildman–Crippen LogP) is 0.967. The first-order valence-corrected chi connectivity index (χ1v) is 8.73. The Labute approximate surface area is 147 Å². The van der Waals surface area contributed by atoms with Gasteiger partial charge in [0, 0.05) is 5.92 Å². The minimum Gasteiger partial charge on any atom is -0.465 e. The van der Waals surface area contributed by atoms with Crippen molar-refractivity contribution in [1.29, 1.82) is 0 Å². The molecule has 0 aromatic carbocycles. The van der Waals surface area contributed by atoms with E-state index in [9.17, 15) is 19.2 Å². The zero-order valence-electron chi connectivity index (χ0n) is 15.3. The molecule has 1 fully saturated rings. The van der Waals surface area contributed by atoms with Gasteiger partial charge in [0.2, 0.25) is 11.4 Å². The zero-order chi connectivity index (χ0) is 19.0. The van der Waals surface area contributed by atoms with Crippen LogP contribution in [0.3, 0.4) is 0 Å². The second kappa shape index (κ2) is 9.39. The van der Waals surface area contributed by atoms with Crippen LogP contribution in [0.1, 0.15) is 47.0 Å². The highest BCUT2D eigenvalue weighted by atomic mass is 16.6. The van der Waals surface area contributed by atoms with Gasteiger partial charge in [0.25, 0.3) is 0 Å². The van der Waals surface area contributed by atoms with E-state index < -0.39 is 41.2 Å². The maximum absolute atomic E-state index is 12.6. The van der Waals surface area contributed by atoms with Crippen LogP contribution in [0.5, 0.6) is 0 Å². The molecule has 0 bridgehead atoms. The van der Waals surface area contributed by atoms with Crippen LogP contribution in [-0.2, 0) is 33.4 Å². The number of rotatable bonds is 9.